The average molecular weight is 312 g/mol. The first kappa shape index (κ1) is 15.3. The Hall–Kier alpha value is -1.09. The molecule has 0 fully saturated rings. The summed E-state index contributed by atoms with van der Waals surface area (Å²) in [5.41, 5.74) is 2.10. The summed E-state index contributed by atoms with van der Waals surface area (Å²) in [6.45, 7) is 4.10. The Bertz CT molecular complexity index is 584. The second kappa shape index (κ2) is 6.57. The summed E-state index contributed by atoms with van der Waals surface area (Å²) >= 11 is 11.9. The van der Waals surface area contributed by atoms with Crippen molar-refractivity contribution in [2.45, 2.75) is 25.9 Å². The van der Waals surface area contributed by atoms with Crippen LogP contribution in [0, 0.1) is 5.82 Å². The largest absolute Gasteiger partial charge is 0.304 e. The molecule has 2 aromatic carbocycles. The van der Waals surface area contributed by atoms with E-state index in [4.69, 9.17) is 23.2 Å². The number of hydrogen-bond donors (Lipinski definition) is 1. The van der Waals surface area contributed by atoms with Crippen molar-refractivity contribution in [3.05, 3.63) is 69.5 Å². The van der Waals surface area contributed by atoms with Crippen LogP contribution in [-0.2, 0) is 0 Å². The fraction of sp³-hybridized carbons (Fsp3) is 0.250. The van der Waals surface area contributed by atoms with Crippen molar-refractivity contribution in [3.8, 4) is 0 Å². The minimum absolute atomic E-state index is 0.111. The van der Waals surface area contributed by atoms with Crippen LogP contribution in [0.4, 0.5) is 4.39 Å². The number of halogens is 3. The van der Waals surface area contributed by atoms with Gasteiger partial charge in [0.2, 0.25) is 0 Å². The molecule has 0 spiro atoms. The smallest absolute Gasteiger partial charge is 0.123 e. The Kier molecular flexibility index (Phi) is 5.03. The fourth-order valence-corrected chi connectivity index (χ4v) is 2.41. The number of nitrogens with one attached hydrogen (secondary N) is 1. The third-order valence-corrected chi connectivity index (χ3v) is 4.05. The van der Waals surface area contributed by atoms with E-state index in [1.807, 2.05) is 19.1 Å². The number of rotatable bonds is 4. The van der Waals surface area contributed by atoms with Crippen LogP contribution >= 0.6 is 23.2 Å². The quantitative estimate of drug-likeness (QED) is 0.781. The molecule has 0 saturated heterocycles. The van der Waals surface area contributed by atoms with Gasteiger partial charge in [0.05, 0.1) is 10.0 Å². The Balaban J connectivity index is 2.08. The van der Waals surface area contributed by atoms with Gasteiger partial charge in [0.25, 0.3) is 0 Å². The third-order valence-electron chi connectivity index (χ3n) is 3.31. The molecule has 1 nitrogen and oxygen atoms in total. The summed E-state index contributed by atoms with van der Waals surface area (Å²) in [5, 5.41) is 4.55. The van der Waals surface area contributed by atoms with Crippen LogP contribution in [0.25, 0.3) is 0 Å². The molecule has 0 aliphatic rings. The zero-order valence-corrected chi connectivity index (χ0v) is 12.8. The monoisotopic (exact) mass is 311 g/mol. The molecule has 2 rings (SSSR count). The molecule has 0 saturated carbocycles. The van der Waals surface area contributed by atoms with Crippen LogP contribution in [0.2, 0.25) is 10.0 Å². The summed E-state index contributed by atoms with van der Waals surface area (Å²) < 4.78 is 12.9. The topological polar surface area (TPSA) is 12.0 Å². The molecule has 1 N–H and O–H groups in total. The van der Waals surface area contributed by atoms with E-state index in [1.54, 1.807) is 18.2 Å². The van der Waals surface area contributed by atoms with Gasteiger partial charge < -0.3 is 5.32 Å². The second-order valence-electron chi connectivity index (χ2n) is 4.84. The predicted molar refractivity (Wildman–Crippen MR) is 82.8 cm³/mol. The van der Waals surface area contributed by atoms with Gasteiger partial charge in [0, 0.05) is 12.1 Å². The van der Waals surface area contributed by atoms with Crippen LogP contribution in [-0.4, -0.2) is 0 Å². The molecule has 0 aromatic heterocycles. The third kappa shape index (κ3) is 3.72. The molecular weight excluding hydrogens is 296 g/mol. The minimum Gasteiger partial charge on any atom is -0.304 e. The van der Waals surface area contributed by atoms with E-state index in [0.29, 0.717) is 10.0 Å². The lowest BCUT2D eigenvalue weighted by molar-refractivity contribution is 0.494. The zero-order chi connectivity index (χ0) is 14.7. The van der Waals surface area contributed by atoms with E-state index in [2.05, 4.69) is 12.2 Å². The first-order chi connectivity index (χ1) is 9.47. The van der Waals surface area contributed by atoms with Crippen molar-refractivity contribution in [2.75, 3.05) is 0 Å². The van der Waals surface area contributed by atoms with Gasteiger partial charge in [0.1, 0.15) is 5.82 Å². The summed E-state index contributed by atoms with van der Waals surface area (Å²) in [4.78, 5) is 0. The first-order valence-electron chi connectivity index (χ1n) is 6.44. The summed E-state index contributed by atoms with van der Waals surface area (Å²) in [5.74, 6) is -0.224. The molecule has 106 valence electrons. The molecule has 2 atom stereocenters. The number of benzene rings is 2. The molecule has 0 aliphatic carbocycles. The second-order valence-corrected chi connectivity index (χ2v) is 5.65. The lowest BCUT2D eigenvalue weighted by atomic mass is 10.0. The molecule has 0 radical (unpaired) electrons. The van der Waals surface area contributed by atoms with Crippen molar-refractivity contribution in [1.82, 2.24) is 5.32 Å². The Morgan fingerprint density at radius 2 is 1.40 bits per heavy atom. The highest BCUT2D eigenvalue weighted by molar-refractivity contribution is 6.42. The molecular formula is C16H16Cl2FN. The lowest BCUT2D eigenvalue weighted by Gasteiger charge is -2.21. The molecule has 20 heavy (non-hydrogen) atoms. The minimum atomic E-state index is -0.224. The SMILES string of the molecule is CC(NC(C)c1ccc(Cl)c(Cl)c1)c1ccc(F)cc1. The van der Waals surface area contributed by atoms with E-state index >= 15 is 0 Å². The lowest BCUT2D eigenvalue weighted by Crippen LogP contribution is -2.22. The molecule has 0 bridgehead atoms. The Morgan fingerprint density at radius 3 is 2.00 bits per heavy atom. The zero-order valence-electron chi connectivity index (χ0n) is 11.3. The van der Waals surface area contributed by atoms with E-state index < -0.39 is 0 Å². The summed E-state index contributed by atoms with van der Waals surface area (Å²) in [6, 6.07) is 12.3. The summed E-state index contributed by atoms with van der Waals surface area (Å²) in [6.07, 6.45) is 0. The van der Waals surface area contributed by atoms with Crippen molar-refractivity contribution in [1.29, 1.82) is 0 Å². The maximum absolute atomic E-state index is 12.9. The Morgan fingerprint density at radius 1 is 0.850 bits per heavy atom. The molecule has 2 aromatic rings. The summed E-state index contributed by atoms with van der Waals surface area (Å²) in [7, 11) is 0. The normalized spacial score (nSPS) is 14.1. The average Bonchev–Trinajstić information content (AvgIpc) is 2.42. The van der Waals surface area contributed by atoms with Gasteiger partial charge in [-0.3, -0.25) is 0 Å². The van der Waals surface area contributed by atoms with Gasteiger partial charge in [-0.25, -0.2) is 4.39 Å². The van der Waals surface area contributed by atoms with E-state index in [-0.39, 0.29) is 17.9 Å². The highest BCUT2D eigenvalue weighted by Crippen LogP contribution is 2.27. The van der Waals surface area contributed by atoms with Gasteiger partial charge in [-0.1, -0.05) is 41.4 Å². The molecule has 0 aliphatic heterocycles. The van der Waals surface area contributed by atoms with Crippen LogP contribution in [0.5, 0.6) is 0 Å². The van der Waals surface area contributed by atoms with Crippen molar-refractivity contribution in [2.24, 2.45) is 0 Å². The van der Waals surface area contributed by atoms with Gasteiger partial charge >= 0.3 is 0 Å². The van der Waals surface area contributed by atoms with E-state index in [1.165, 1.54) is 12.1 Å². The highest BCUT2D eigenvalue weighted by atomic mass is 35.5. The maximum Gasteiger partial charge on any atom is 0.123 e. The van der Waals surface area contributed by atoms with Crippen LogP contribution in [0.15, 0.2) is 42.5 Å². The van der Waals surface area contributed by atoms with E-state index in [0.717, 1.165) is 11.1 Å². The predicted octanol–water partition coefficient (Wildman–Crippen LogP) is 5.54. The van der Waals surface area contributed by atoms with Crippen molar-refractivity contribution in [3.63, 3.8) is 0 Å². The molecule has 2 unspecified atom stereocenters. The van der Waals surface area contributed by atoms with Gasteiger partial charge in [0.15, 0.2) is 0 Å². The maximum atomic E-state index is 12.9. The number of hydrogen-bond acceptors (Lipinski definition) is 1. The van der Waals surface area contributed by atoms with Crippen LogP contribution in [0.1, 0.15) is 37.1 Å². The van der Waals surface area contributed by atoms with Crippen molar-refractivity contribution >= 4 is 23.2 Å². The highest BCUT2D eigenvalue weighted by Gasteiger charge is 2.12. The van der Waals surface area contributed by atoms with Crippen LogP contribution in [0.3, 0.4) is 0 Å². The van der Waals surface area contributed by atoms with Crippen molar-refractivity contribution < 1.29 is 4.39 Å². The van der Waals surface area contributed by atoms with Gasteiger partial charge in [-0.15, -0.1) is 0 Å². The van der Waals surface area contributed by atoms with Crippen LogP contribution < -0.4 is 5.32 Å². The fourth-order valence-electron chi connectivity index (χ4n) is 2.10. The molecule has 0 heterocycles. The Labute approximate surface area is 128 Å². The van der Waals surface area contributed by atoms with Gasteiger partial charge in [-0.05, 0) is 49.2 Å². The van der Waals surface area contributed by atoms with E-state index in [9.17, 15) is 4.39 Å². The first-order valence-corrected chi connectivity index (χ1v) is 7.19. The van der Waals surface area contributed by atoms with Gasteiger partial charge in [-0.2, -0.15) is 0 Å². The standard InChI is InChI=1S/C16H16Cl2FN/c1-10(12-3-6-14(19)7-4-12)20-11(2)13-5-8-15(17)16(18)9-13/h3-11,20H,1-2H3. The molecule has 0 amide bonds. The molecule has 4 heteroatoms.